The van der Waals surface area contributed by atoms with Crippen LogP contribution in [0.3, 0.4) is 0 Å². The molecule has 0 saturated carbocycles. The fourth-order valence-corrected chi connectivity index (χ4v) is 15.6. The lowest BCUT2D eigenvalue weighted by atomic mass is 9.88. The highest BCUT2D eigenvalue weighted by molar-refractivity contribution is 5.74. The first-order valence-corrected chi connectivity index (χ1v) is 42.1. The molecule has 6 bridgehead atoms. The summed E-state index contributed by atoms with van der Waals surface area (Å²) in [6, 6.07) is -1.55. The van der Waals surface area contributed by atoms with E-state index in [1.54, 1.807) is 53.4 Å². The molecule has 9 saturated heterocycles. The lowest BCUT2D eigenvalue weighted by Gasteiger charge is -2.42. The Kier molecular flexibility index (Phi) is 35.0. The number of aromatic nitrogens is 9. The van der Waals surface area contributed by atoms with E-state index in [0.29, 0.717) is 175 Å². The molecule has 696 valence electrons. The van der Waals surface area contributed by atoms with Gasteiger partial charge in [-0.25, -0.2) is 18.8 Å². The summed E-state index contributed by atoms with van der Waals surface area (Å²) in [7, 11) is 0. The number of rotatable bonds is 58. The normalized spacial score (nSPS) is 29.1. The molecule has 9 aliphatic heterocycles. The number of ether oxygens (including phenoxy) is 28. The van der Waals surface area contributed by atoms with Crippen LogP contribution < -0.4 is 21.3 Å². The summed E-state index contributed by atoms with van der Waals surface area (Å²) in [5.74, 6) is -3.26. The molecule has 9 aliphatic rings. The monoisotopic (exact) mass is 1760 g/mol. The van der Waals surface area contributed by atoms with Gasteiger partial charge in [0.05, 0.1) is 256 Å². The van der Waals surface area contributed by atoms with E-state index in [9.17, 15) is 19.2 Å². The largest absolute Gasteiger partial charge is 0.444 e. The van der Waals surface area contributed by atoms with Gasteiger partial charge in [0, 0.05) is 20.8 Å². The van der Waals surface area contributed by atoms with Gasteiger partial charge in [-0.1, -0.05) is 15.6 Å². The predicted octanol–water partition coefficient (Wildman–Crippen LogP) is -0.676. The SMILES string of the molecule is CC(=O)N[C@H]1[C@@H]2OC[C@](COCCOCCOCCOCCn3cc(COCC(COCc4cn(CCOCCOCCOCCOC[C@@]56CO[C@H](O5)[C@H](NC(C)=O)[C@H]5OC(C)(C)O[C@H]56)nn4)(COCc4cn(CCOCCOCCOCCOC[C@@]56CO[C@@H](O5)[C@H](NC(C)=O)[C@H]5OC(C)(C)O[C@H]56)nn4)NC(=O)OC(C)(C)C)nn3)(O2)[C@@H]2OC(C)(C)O[C@H]12. The van der Waals surface area contributed by atoms with E-state index in [1.165, 1.54) is 20.8 Å². The van der Waals surface area contributed by atoms with E-state index in [1.807, 2.05) is 41.5 Å². The van der Waals surface area contributed by atoms with Crippen LogP contribution >= 0.6 is 0 Å². The van der Waals surface area contributed by atoms with Gasteiger partial charge >= 0.3 is 6.09 Å². The first-order valence-electron chi connectivity index (χ1n) is 42.1. The summed E-state index contributed by atoms with van der Waals surface area (Å²) in [5.41, 5.74) is -3.36. The van der Waals surface area contributed by atoms with Crippen molar-refractivity contribution in [3.63, 3.8) is 0 Å². The standard InChI is InChI=1S/C78H127N13O32/c1-52(92)79-58-61-64(117-72(7,8)114-61)76(49-111-67(58)120-76)46-105-34-31-102-28-25-99-22-19-96-16-13-89-37-55(83-86-89)40-108-43-75(82-70(95)123-71(4,5)6,44-109-41-56-38-90(87-84-56)14-17-97-20-23-100-26-29-103-32-35-106-47-77-50-112-68(121-77)59(80-53(2)93)62-65(77)118-73(9,10)115-62)45-110-42-57-39-91(88-85-57)15-18-98-21-24-101-27-30-104-33-36-107-48-78-51-113-69(122-78)60(81-54(3)94)63-66(78)119-74(11,12)116-63/h37-39,58-69H,13-36,40-51H2,1-12H3,(H,79,92)(H,80,93)(H,81,94)(H,82,95)/t58-,59-,60-,61-,62-,63-,64-,65-,66-,67-,68-,69+,76+,77+,78+/m1/s1. The van der Waals surface area contributed by atoms with E-state index < -0.39 is 125 Å². The smallest absolute Gasteiger partial charge is 0.408 e. The van der Waals surface area contributed by atoms with E-state index in [0.717, 1.165) is 0 Å². The van der Waals surface area contributed by atoms with Crippen LogP contribution in [0.5, 0.6) is 0 Å². The average Bonchev–Trinajstić information content (AvgIpc) is 1.58. The Morgan fingerprint density at radius 1 is 0.374 bits per heavy atom. The van der Waals surface area contributed by atoms with Crippen molar-refractivity contribution < 1.29 is 152 Å². The third kappa shape index (κ3) is 28.0. The minimum Gasteiger partial charge on any atom is -0.444 e. The van der Waals surface area contributed by atoms with Crippen LogP contribution in [0.15, 0.2) is 18.6 Å². The second kappa shape index (κ2) is 44.8. The zero-order valence-electron chi connectivity index (χ0n) is 72.7. The topological polar surface area (TPSA) is 467 Å². The van der Waals surface area contributed by atoms with Crippen LogP contribution in [0.4, 0.5) is 4.79 Å². The Bertz CT molecular complexity index is 3400. The summed E-state index contributed by atoms with van der Waals surface area (Å²) < 4.78 is 174. The Balaban J connectivity index is 0.538. The molecule has 0 aliphatic carbocycles. The van der Waals surface area contributed by atoms with Gasteiger partial charge in [0.25, 0.3) is 0 Å². The predicted molar refractivity (Wildman–Crippen MR) is 416 cm³/mol. The number of hydrogen-bond acceptors (Lipinski definition) is 38. The molecule has 45 nitrogen and oxygen atoms in total. The molecule has 3 aromatic rings. The van der Waals surface area contributed by atoms with Crippen molar-refractivity contribution in [1.29, 1.82) is 0 Å². The molecule has 45 heteroatoms. The summed E-state index contributed by atoms with van der Waals surface area (Å²) in [4.78, 5) is 49.7. The summed E-state index contributed by atoms with van der Waals surface area (Å²) in [6.45, 7) is 29.6. The zero-order chi connectivity index (χ0) is 87.1. The highest BCUT2D eigenvalue weighted by Crippen LogP contribution is 2.50. The number of nitrogens with one attached hydrogen (secondary N) is 4. The summed E-state index contributed by atoms with van der Waals surface area (Å²) in [6.07, 6.45) is -0.480. The molecule has 0 spiro atoms. The number of fused-ring (bicyclic) bond motifs is 12. The van der Waals surface area contributed by atoms with Crippen LogP contribution in [0.25, 0.3) is 0 Å². The summed E-state index contributed by atoms with van der Waals surface area (Å²) in [5, 5.41) is 37.5. The minimum absolute atomic E-state index is 0.00132. The van der Waals surface area contributed by atoms with Crippen molar-refractivity contribution in [2.24, 2.45) is 0 Å². The zero-order valence-corrected chi connectivity index (χ0v) is 72.7. The molecule has 4 amide bonds. The number of carbonyl (C=O) groups excluding carboxylic acids is 4. The molecule has 15 atom stereocenters. The number of nitrogens with zero attached hydrogens (tertiary/aromatic N) is 9. The lowest BCUT2D eigenvalue weighted by Crippen LogP contribution is -2.65. The molecule has 0 radical (unpaired) electrons. The van der Waals surface area contributed by atoms with Gasteiger partial charge < -0.3 is 154 Å². The van der Waals surface area contributed by atoms with E-state index in [4.69, 9.17) is 133 Å². The lowest BCUT2D eigenvalue weighted by molar-refractivity contribution is -0.214. The highest BCUT2D eigenvalue weighted by Gasteiger charge is 2.69. The van der Waals surface area contributed by atoms with Crippen LogP contribution in [0.2, 0.25) is 0 Å². The van der Waals surface area contributed by atoms with Crippen molar-refractivity contribution in [2.45, 2.75) is 241 Å². The van der Waals surface area contributed by atoms with E-state index in [2.05, 4.69) is 52.2 Å². The van der Waals surface area contributed by atoms with Crippen LogP contribution in [-0.4, -0.2) is 386 Å². The van der Waals surface area contributed by atoms with Gasteiger partial charge in [0.1, 0.15) is 99.8 Å². The van der Waals surface area contributed by atoms with Crippen molar-refractivity contribution in [3.8, 4) is 0 Å². The Labute approximate surface area is 714 Å². The molecular formula is C78H127N13O32. The van der Waals surface area contributed by atoms with Crippen molar-refractivity contribution in [3.05, 3.63) is 35.7 Å². The second-order valence-corrected chi connectivity index (χ2v) is 33.8. The van der Waals surface area contributed by atoms with Crippen LogP contribution in [-0.2, 0) is 186 Å². The van der Waals surface area contributed by atoms with E-state index in [-0.39, 0.29) is 97.0 Å². The van der Waals surface area contributed by atoms with Gasteiger partial charge in [-0.3, -0.25) is 14.4 Å². The first kappa shape index (κ1) is 96.1. The molecule has 12 rings (SSSR count). The first-order chi connectivity index (χ1) is 59.0. The summed E-state index contributed by atoms with van der Waals surface area (Å²) >= 11 is 0. The average molecular weight is 1760 g/mol. The van der Waals surface area contributed by atoms with Gasteiger partial charge in [-0.2, -0.15) is 0 Å². The molecular weight excluding hydrogens is 1630 g/mol. The number of alkyl carbamates (subject to hydrolysis) is 1. The molecule has 3 aromatic heterocycles. The highest BCUT2D eigenvalue weighted by atomic mass is 16.8. The Morgan fingerprint density at radius 2 is 0.634 bits per heavy atom. The number of hydrogen-bond donors (Lipinski definition) is 4. The van der Waals surface area contributed by atoms with Crippen LogP contribution in [0.1, 0.15) is 100 Å². The fourth-order valence-electron chi connectivity index (χ4n) is 15.6. The van der Waals surface area contributed by atoms with Gasteiger partial charge in [-0.15, -0.1) is 15.3 Å². The van der Waals surface area contributed by atoms with E-state index >= 15 is 0 Å². The maximum atomic E-state index is 13.8. The van der Waals surface area contributed by atoms with Crippen molar-refractivity contribution in [1.82, 2.24) is 66.2 Å². The van der Waals surface area contributed by atoms with Gasteiger partial charge in [0.15, 0.2) is 36.2 Å². The number of amides is 4. The van der Waals surface area contributed by atoms with Crippen molar-refractivity contribution >= 4 is 23.8 Å². The Hall–Kier alpha value is -5.98. The second-order valence-electron chi connectivity index (χ2n) is 33.8. The minimum atomic E-state index is -1.36. The van der Waals surface area contributed by atoms with Gasteiger partial charge in [-0.05, 0) is 62.3 Å². The third-order valence-electron chi connectivity index (χ3n) is 20.7. The quantitative estimate of drug-likeness (QED) is 0.0509. The molecule has 0 unspecified atom stereocenters. The molecule has 0 aromatic carbocycles. The van der Waals surface area contributed by atoms with Crippen molar-refractivity contribution in [2.75, 3.05) is 198 Å². The maximum Gasteiger partial charge on any atom is 0.408 e. The third-order valence-corrected chi connectivity index (χ3v) is 20.7. The van der Waals surface area contributed by atoms with Gasteiger partial charge in [0.2, 0.25) is 17.7 Å². The maximum absolute atomic E-state index is 13.8. The number of carbonyl (C=O) groups is 4. The molecule has 12 heterocycles. The molecule has 123 heavy (non-hydrogen) atoms. The Morgan fingerprint density at radius 3 is 0.894 bits per heavy atom. The molecule has 4 N–H and O–H groups in total. The van der Waals surface area contributed by atoms with Crippen LogP contribution in [0, 0.1) is 0 Å². The fraction of sp³-hybridized carbons (Fsp3) is 0.872. The molecule has 9 fully saturated rings.